The Kier molecular flexibility index (Phi) is 3.89. The molecule has 0 aliphatic rings. The first kappa shape index (κ1) is 16.2. The van der Waals surface area contributed by atoms with Gasteiger partial charge in [-0.05, 0) is 43.2 Å². The average molecular weight is 364 g/mol. The van der Waals surface area contributed by atoms with Crippen LogP contribution in [0.25, 0.3) is 11.0 Å². The van der Waals surface area contributed by atoms with E-state index in [1.165, 1.54) is 11.3 Å². The monoisotopic (exact) mass is 364 g/mol. The lowest BCUT2D eigenvalue weighted by atomic mass is 10.0. The number of carbonyl (C=O) groups is 1. The molecule has 4 rings (SSSR count). The first-order valence-corrected chi connectivity index (χ1v) is 8.77. The van der Waals surface area contributed by atoms with Gasteiger partial charge >= 0.3 is 0 Å². The van der Waals surface area contributed by atoms with Crippen molar-refractivity contribution in [2.75, 3.05) is 11.1 Å². The summed E-state index contributed by atoms with van der Waals surface area (Å²) in [7, 11) is 0. The molecule has 0 fully saturated rings. The Hall–Kier alpha value is -3.26. The fraction of sp³-hybridized carbons (Fsp3) is 0.111. The van der Waals surface area contributed by atoms with Gasteiger partial charge in [0.15, 0.2) is 5.13 Å². The van der Waals surface area contributed by atoms with Crippen LogP contribution in [0.15, 0.2) is 36.9 Å². The molecule has 0 unspecified atom stereocenters. The highest BCUT2D eigenvalue weighted by molar-refractivity contribution is 7.18. The van der Waals surface area contributed by atoms with Crippen molar-refractivity contribution in [1.82, 2.24) is 19.9 Å². The van der Waals surface area contributed by atoms with Crippen LogP contribution in [0.4, 0.5) is 16.6 Å². The molecule has 8 heteroatoms. The number of nitrogens with one attached hydrogen (secondary N) is 2. The number of rotatable bonds is 4. The largest absolute Gasteiger partial charge is 0.382 e. The zero-order valence-corrected chi connectivity index (χ0v) is 15.0. The van der Waals surface area contributed by atoms with E-state index in [0.29, 0.717) is 15.6 Å². The zero-order valence-electron chi connectivity index (χ0n) is 14.2. The van der Waals surface area contributed by atoms with E-state index in [1.54, 1.807) is 18.7 Å². The summed E-state index contributed by atoms with van der Waals surface area (Å²) in [4.78, 5) is 29.0. The molecule has 3 aromatic heterocycles. The molecule has 0 spiro atoms. The number of carbonyl (C=O) groups excluding carboxylic acids is 1. The maximum atomic E-state index is 12.9. The topological polar surface area (TPSA) is 110 Å². The summed E-state index contributed by atoms with van der Waals surface area (Å²) < 4.78 is 0. The maximum Gasteiger partial charge on any atom is 0.207 e. The summed E-state index contributed by atoms with van der Waals surface area (Å²) in [6.07, 6.45) is 5.00. The summed E-state index contributed by atoms with van der Waals surface area (Å²) >= 11 is 1.24. The van der Waals surface area contributed by atoms with E-state index in [1.807, 2.05) is 32.0 Å². The van der Waals surface area contributed by atoms with Gasteiger partial charge in [0.25, 0.3) is 0 Å². The van der Waals surface area contributed by atoms with E-state index in [-0.39, 0.29) is 11.6 Å². The van der Waals surface area contributed by atoms with Gasteiger partial charge in [-0.25, -0.2) is 9.97 Å². The molecular weight excluding hydrogens is 348 g/mol. The number of anilines is 3. The highest BCUT2D eigenvalue weighted by Crippen LogP contribution is 2.31. The van der Waals surface area contributed by atoms with E-state index in [4.69, 9.17) is 5.73 Å². The Labute approximate surface area is 153 Å². The molecule has 0 aliphatic carbocycles. The molecule has 4 N–H and O–H groups in total. The highest BCUT2D eigenvalue weighted by atomic mass is 32.1. The number of hydrogen-bond acceptors (Lipinski definition) is 7. The second kappa shape index (κ2) is 6.23. The van der Waals surface area contributed by atoms with Crippen LogP contribution in [0.1, 0.15) is 26.4 Å². The Balaban J connectivity index is 1.65. The third kappa shape index (κ3) is 2.80. The molecular formula is C18H16N6OS. The van der Waals surface area contributed by atoms with Gasteiger partial charge in [0.05, 0.1) is 17.4 Å². The fourth-order valence-electron chi connectivity index (χ4n) is 2.86. The summed E-state index contributed by atoms with van der Waals surface area (Å²) in [5.74, 6) is 0.0928. The van der Waals surface area contributed by atoms with Crippen molar-refractivity contribution in [3.63, 3.8) is 0 Å². The first-order chi connectivity index (χ1) is 12.5. The lowest BCUT2D eigenvalue weighted by Gasteiger charge is -2.06. The van der Waals surface area contributed by atoms with Crippen LogP contribution < -0.4 is 11.1 Å². The van der Waals surface area contributed by atoms with Crippen molar-refractivity contribution in [2.45, 2.75) is 13.8 Å². The number of nitrogen functional groups attached to an aromatic ring is 1. The number of nitrogens with zero attached hydrogens (tertiary/aromatic N) is 3. The summed E-state index contributed by atoms with van der Waals surface area (Å²) in [6.45, 7) is 3.73. The Morgan fingerprint density at radius 1 is 1.23 bits per heavy atom. The van der Waals surface area contributed by atoms with E-state index >= 15 is 0 Å². The SMILES string of the molecule is Cc1cncc(C)c1C(=O)c1sc(Nc2ccc3nc[nH]c3c2)nc1N. The Morgan fingerprint density at radius 3 is 2.77 bits per heavy atom. The third-order valence-corrected chi connectivity index (χ3v) is 5.07. The fourth-order valence-corrected chi connectivity index (χ4v) is 3.71. The van der Waals surface area contributed by atoms with Gasteiger partial charge in [-0.2, -0.15) is 0 Å². The quantitative estimate of drug-likeness (QED) is 0.477. The predicted octanol–water partition coefficient (Wildman–Crippen LogP) is 3.59. The molecule has 130 valence electrons. The van der Waals surface area contributed by atoms with Gasteiger partial charge in [0.1, 0.15) is 10.7 Å². The van der Waals surface area contributed by atoms with Crippen molar-refractivity contribution in [2.24, 2.45) is 0 Å². The molecule has 0 aliphatic heterocycles. The van der Waals surface area contributed by atoms with Crippen LogP contribution >= 0.6 is 11.3 Å². The van der Waals surface area contributed by atoms with Crippen molar-refractivity contribution < 1.29 is 4.79 Å². The van der Waals surface area contributed by atoms with E-state index in [2.05, 4.69) is 25.3 Å². The molecule has 0 atom stereocenters. The molecule has 3 heterocycles. The zero-order chi connectivity index (χ0) is 18.3. The number of aromatic nitrogens is 4. The highest BCUT2D eigenvalue weighted by Gasteiger charge is 2.21. The number of benzene rings is 1. The van der Waals surface area contributed by atoms with Gasteiger partial charge in [-0.1, -0.05) is 11.3 Å². The maximum absolute atomic E-state index is 12.9. The van der Waals surface area contributed by atoms with E-state index in [9.17, 15) is 4.79 Å². The third-order valence-electron chi connectivity index (χ3n) is 4.08. The smallest absolute Gasteiger partial charge is 0.207 e. The van der Waals surface area contributed by atoms with Crippen molar-refractivity contribution >= 4 is 44.8 Å². The second-order valence-electron chi connectivity index (χ2n) is 5.97. The lowest BCUT2D eigenvalue weighted by Crippen LogP contribution is -2.07. The molecule has 1 aromatic carbocycles. The van der Waals surface area contributed by atoms with E-state index in [0.717, 1.165) is 27.8 Å². The minimum Gasteiger partial charge on any atom is -0.382 e. The number of fused-ring (bicyclic) bond motifs is 1. The number of nitrogens with two attached hydrogens (primary N) is 1. The number of thiazole rings is 1. The second-order valence-corrected chi connectivity index (χ2v) is 6.97. The minimum absolute atomic E-state index is 0.130. The molecule has 26 heavy (non-hydrogen) atoms. The molecule has 0 radical (unpaired) electrons. The molecule has 0 saturated heterocycles. The number of imidazole rings is 1. The van der Waals surface area contributed by atoms with Crippen LogP contribution in [0.3, 0.4) is 0 Å². The van der Waals surface area contributed by atoms with Gasteiger partial charge in [-0.3, -0.25) is 9.78 Å². The van der Waals surface area contributed by atoms with Gasteiger partial charge in [0, 0.05) is 23.6 Å². The summed E-state index contributed by atoms with van der Waals surface area (Å²) in [5, 5.41) is 3.76. The van der Waals surface area contributed by atoms with Crippen LogP contribution in [-0.2, 0) is 0 Å². The van der Waals surface area contributed by atoms with Crippen molar-refractivity contribution in [1.29, 1.82) is 0 Å². The number of pyridine rings is 1. The molecule has 4 aromatic rings. The molecule has 0 amide bonds. The number of hydrogen-bond donors (Lipinski definition) is 3. The number of aryl methyl sites for hydroxylation is 2. The standard InChI is InChI=1S/C18H16N6OS/c1-9-6-20-7-10(2)14(9)15(25)16-17(19)24-18(26-16)23-11-3-4-12-13(5-11)22-8-21-12/h3-8H,19H2,1-2H3,(H,21,22)(H,23,24). The Morgan fingerprint density at radius 2 is 2.00 bits per heavy atom. The molecule has 0 bridgehead atoms. The minimum atomic E-state index is -0.130. The van der Waals surface area contributed by atoms with Crippen LogP contribution in [0, 0.1) is 13.8 Å². The van der Waals surface area contributed by atoms with Crippen LogP contribution in [0.2, 0.25) is 0 Å². The normalized spacial score (nSPS) is 11.0. The van der Waals surface area contributed by atoms with Crippen LogP contribution in [-0.4, -0.2) is 25.7 Å². The van der Waals surface area contributed by atoms with Gasteiger partial charge in [-0.15, -0.1) is 0 Å². The molecule has 0 saturated carbocycles. The number of H-pyrrole nitrogens is 1. The summed E-state index contributed by atoms with van der Waals surface area (Å²) in [5.41, 5.74) is 10.9. The number of ketones is 1. The molecule has 7 nitrogen and oxygen atoms in total. The van der Waals surface area contributed by atoms with Gasteiger partial charge < -0.3 is 16.0 Å². The lowest BCUT2D eigenvalue weighted by molar-refractivity contribution is 0.104. The average Bonchev–Trinajstić information content (AvgIpc) is 3.20. The Bertz CT molecular complexity index is 1110. The van der Waals surface area contributed by atoms with Crippen LogP contribution in [0.5, 0.6) is 0 Å². The van der Waals surface area contributed by atoms with Gasteiger partial charge in [0.2, 0.25) is 5.78 Å². The first-order valence-electron chi connectivity index (χ1n) is 7.95. The predicted molar refractivity (Wildman–Crippen MR) is 103 cm³/mol. The van der Waals surface area contributed by atoms with E-state index < -0.39 is 0 Å². The number of aromatic amines is 1. The van der Waals surface area contributed by atoms with Crippen molar-refractivity contribution in [3.05, 3.63) is 58.5 Å². The summed E-state index contributed by atoms with van der Waals surface area (Å²) in [6, 6.07) is 5.74. The van der Waals surface area contributed by atoms with Crippen molar-refractivity contribution in [3.8, 4) is 0 Å².